The highest BCUT2D eigenvalue weighted by atomic mass is 16.5. The summed E-state index contributed by atoms with van der Waals surface area (Å²) < 4.78 is 5.21. The first-order chi connectivity index (χ1) is 10.0. The van der Waals surface area contributed by atoms with Crippen LogP contribution in [0.3, 0.4) is 0 Å². The normalized spacial score (nSPS) is 11.8. The van der Waals surface area contributed by atoms with Crippen LogP contribution in [-0.2, 0) is 0 Å². The number of carbonyl (C=O) groups excluding carboxylic acids is 1. The number of benzene rings is 2. The van der Waals surface area contributed by atoms with Crippen LogP contribution >= 0.6 is 0 Å². The highest BCUT2D eigenvalue weighted by Gasteiger charge is 2.12. The maximum atomic E-state index is 12.3. The van der Waals surface area contributed by atoms with Crippen molar-refractivity contribution in [2.24, 2.45) is 0 Å². The van der Waals surface area contributed by atoms with Crippen LogP contribution in [0.1, 0.15) is 40.0 Å². The van der Waals surface area contributed by atoms with Crippen molar-refractivity contribution in [2.75, 3.05) is 7.11 Å². The summed E-state index contributed by atoms with van der Waals surface area (Å²) in [6.45, 7) is 5.96. The van der Waals surface area contributed by atoms with Crippen molar-refractivity contribution < 1.29 is 9.53 Å². The van der Waals surface area contributed by atoms with E-state index >= 15 is 0 Å². The lowest BCUT2D eigenvalue weighted by Gasteiger charge is -2.15. The van der Waals surface area contributed by atoms with Crippen molar-refractivity contribution in [2.45, 2.75) is 26.8 Å². The van der Waals surface area contributed by atoms with Gasteiger partial charge in [0, 0.05) is 5.56 Å². The van der Waals surface area contributed by atoms with E-state index in [1.165, 1.54) is 5.56 Å². The molecule has 3 heteroatoms. The van der Waals surface area contributed by atoms with Gasteiger partial charge in [0.25, 0.3) is 5.91 Å². The van der Waals surface area contributed by atoms with Gasteiger partial charge in [-0.05, 0) is 50.1 Å². The van der Waals surface area contributed by atoms with Crippen LogP contribution in [-0.4, -0.2) is 13.0 Å². The predicted molar refractivity (Wildman–Crippen MR) is 84.8 cm³/mol. The second-order valence-electron chi connectivity index (χ2n) is 5.29. The number of hydrogen-bond acceptors (Lipinski definition) is 2. The molecule has 1 N–H and O–H groups in total. The molecule has 0 aliphatic carbocycles. The lowest BCUT2D eigenvalue weighted by Crippen LogP contribution is -2.26. The molecule has 2 aromatic carbocycles. The Labute approximate surface area is 126 Å². The summed E-state index contributed by atoms with van der Waals surface area (Å²) in [7, 11) is 1.63. The maximum Gasteiger partial charge on any atom is 0.251 e. The van der Waals surface area contributed by atoms with Crippen molar-refractivity contribution >= 4 is 5.91 Å². The fourth-order valence-corrected chi connectivity index (χ4v) is 2.24. The maximum absolute atomic E-state index is 12.3. The number of carbonyl (C=O) groups is 1. The Hall–Kier alpha value is -2.29. The summed E-state index contributed by atoms with van der Waals surface area (Å²) in [6, 6.07) is 13.6. The molecular weight excluding hydrogens is 262 g/mol. The summed E-state index contributed by atoms with van der Waals surface area (Å²) in [5, 5.41) is 3.02. The summed E-state index contributed by atoms with van der Waals surface area (Å²) in [6.07, 6.45) is 0. The SMILES string of the molecule is COc1ccc(C(=O)N[C@H](C)c2ccc(C)cc2)cc1C. The summed E-state index contributed by atoms with van der Waals surface area (Å²) in [5.74, 6) is 0.715. The monoisotopic (exact) mass is 283 g/mol. The Morgan fingerprint density at radius 3 is 2.33 bits per heavy atom. The molecule has 3 nitrogen and oxygen atoms in total. The van der Waals surface area contributed by atoms with Crippen molar-refractivity contribution in [3.05, 3.63) is 64.7 Å². The molecule has 2 rings (SSSR count). The molecule has 0 aromatic heterocycles. The van der Waals surface area contributed by atoms with Crippen LogP contribution in [0, 0.1) is 13.8 Å². The van der Waals surface area contributed by atoms with Gasteiger partial charge in [0.1, 0.15) is 5.75 Å². The van der Waals surface area contributed by atoms with Crippen LogP contribution in [0.15, 0.2) is 42.5 Å². The van der Waals surface area contributed by atoms with E-state index < -0.39 is 0 Å². The molecule has 1 atom stereocenters. The summed E-state index contributed by atoms with van der Waals surface area (Å²) in [4.78, 5) is 12.3. The van der Waals surface area contributed by atoms with Gasteiger partial charge in [-0.25, -0.2) is 0 Å². The van der Waals surface area contributed by atoms with Crippen LogP contribution in [0.5, 0.6) is 5.75 Å². The zero-order valence-corrected chi connectivity index (χ0v) is 12.9. The highest BCUT2D eigenvalue weighted by Crippen LogP contribution is 2.19. The summed E-state index contributed by atoms with van der Waals surface area (Å²) >= 11 is 0. The fraction of sp³-hybridized carbons (Fsp3) is 0.278. The Morgan fingerprint density at radius 2 is 1.76 bits per heavy atom. The van der Waals surface area contributed by atoms with E-state index in [-0.39, 0.29) is 11.9 Å². The molecule has 0 radical (unpaired) electrons. The number of aryl methyl sites for hydroxylation is 2. The second-order valence-corrected chi connectivity index (χ2v) is 5.29. The lowest BCUT2D eigenvalue weighted by molar-refractivity contribution is 0.0940. The molecule has 1 amide bonds. The minimum absolute atomic E-state index is 0.0273. The first-order valence-electron chi connectivity index (χ1n) is 7.03. The fourth-order valence-electron chi connectivity index (χ4n) is 2.24. The molecular formula is C18H21NO2. The summed E-state index contributed by atoms with van der Waals surface area (Å²) in [5.41, 5.74) is 3.91. The molecule has 0 fully saturated rings. The van der Waals surface area contributed by atoms with Crippen molar-refractivity contribution in [1.82, 2.24) is 5.32 Å². The van der Waals surface area contributed by atoms with Gasteiger partial charge in [0.2, 0.25) is 0 Å². The van der Waals surface area contributed by atoms with Crippen molar-refractivity contribution in [3.63, 3.8) is 0 Å². The predicted octanol–water partition coefficient (Wildman–Crippen LogP) is 3.80. The standard InChI is InChI=1S/C18H21NO2/c1-12-5-7-15(8-6-12)14(3)19-18(20)16-9-10-17(21-4)13(2)11-16/h5-11,14H,1-4H3,(H,19,20)/t14-/m1/s1. The van der Waals surface area contributed by atoms with E-state index in [1.54, 1.807) is 13.2 Å². The van der Waals surface area contributed by atoms with E-state index in [2.05, 4.69) is 17.4 Å². The zero-order valence-electron chi connectivity index (χ0n) is 12.9. The van der Waals surface area contributed by atoms with Gasteiger partial charge in [-0.1, -0.05) is 29.8 Å². The van der Waals surface area contributed by atoms with Gasteiger partial charge in [-0.2, -0.15) is 0 Å². The molecule has 0 aliphatic rings. The number of ether oxygens (including phenoxy) is 1. The number of nitrogens with one attached hydrogen (secondary N) is 1. The van der Waals surface area contributed by atoms with Gasteiger partial charge in [0.15, 0.2) is 0 Å². The molecule has 2 aromatic rings. The van der Waals surface area contributed by atoms with Crippen molar-refractivity contribution in [3.8, 4) is 5.75 Å². The molecule has 0 saturated heterocycles. The largest absolute Gasteiger partial charge is 0.496 e. The third-order valence-corrected chi connectivity index (χ3v) is 3.58. The minimum Gasteiger partial charge on any atom is -0.496 e. The Morgan fingerprint density at radius 1 is 1.10 bits per heavy atom. The molecule has 21 heavy (non-hydrogen) atoms. The van der Waals surface area contributed by atoms with Gasteiger partial charge in [0.05, 0.1) is 13.2 Å². The molecule has 0 spiro atoms. The van der Waals surface area contributed by atoms with Gasteiger partial charge < -0.3 is 10.1 Å². The molecule has 0 unspecified atom stereocenters. The topological polar surface area (TPSA) is 38.3 Å². The van der Waals surface area contributed by atoms with Crippen LogP contribution in [0.2, 0.25) is 0 Å². The lowest BCUT2D eigenvalue weighted by atomic mass is 10.1. The van der Waals surface area contributed by atoms with Crippen LogP contribution < -0.4 is 10.1 Å². The first kappa shape index (κ1) is 15.1. The highest BCUT2D eigenvalue weighted by molar-refractivity contribution is 5.94. The molecule has 0 heterocycles. The molecule has 0 aliphatic heterocycles. The zero-order chi connectivity index (χ0) is 15.4. The average molecular weight is 283 g/mol. The Balaban J connectivity index is 2.10. The molecule has 0 saturated carbocycles. The second kappa shape index (κ2) is 6.44. The third-order valence-electron chi connectivity index (χ3n) is 3.58. The Kier molecular flexibility index (Phi) is 4.63. The van der Waals surface area contributed by atoms with E-state index in [4.69, 9.17) is 4.74 Å². The van der Waals surface area contributed by atoms with E-state index in [0.717, 1.165) is 16.9 Å². The number of rotatable bonds is 4. The number of methoxy groups -OCH3 is 1. The van der Waals surface area contributed by atoms with Gasteiger partial charge in [-0.15, -0.1) is 0 Å². The van der Waals surface area contributed by atoms with Gasteiger partial charge >= 0.3 is 0 Å². The average Bonchev–Trinajstić information content (AvgIpc) is 2.47. The molecule has 0 bridgehead atoms. The number of hydrogen-bond donors (Lipinski definition) is 1. The Bertz CT molecular complexity index is 632. The third kappa shape index (κ3) is 3.63. The van der Waals surface area contributed by atoms with Crippen LogP contribution in [0.4, 0.5) is 0 Å². The first-order valence-corrected chi connectivity index (χ1v) is 7.03. The van der Waals surface area contributed by atoms with E-state index in [0.29, 0.717) is 5.56 Å². The van der Waals surface area contributed by atoms with E-state index in [1.807, 2.05) is 45.0 Å². The number of amides is 1. The van der Waals surface area contributed by atoms with E-state index in [9.17, 15) is 4.79 Å². The quantitative estimate of drug-likeness (QED) is 0.926. The smallest absolute Gasteiger partial charge is 0.251 e. The van der Waals surface area contributed by atoms with Crippen LogP contribution in [0.25, 0.3) is 0 Å². The van der Waals surface area contributed by atoms with Gasteiger partial charge in [-0.3, -0.25) is 4.79 Å². The molecule has 110 valence electrons. The van der Waals surface area contributed by atoms with Crippen molar-refractivity contribution in [1.29, 1.82) is 0 Å². The minimum atomic E-state index is -0.0752.